The van der Waals surface area contributed by atoms with Gasteiger partial charge in [0.05, 0.1) is 12.2 Å². The minimum atomic E-state index is 0.651. The monoisotopic (exact) mass is 207 g/mol. The number of nitrogens with one attached hydrogen (secondary N) is 1. The fourth-order valence-electron chi connectivity index (χ4n) is 1.02. The molecule has 72 valence electrons. The molecule has 0 amide bonds. The van der Waals surface area contributed by atoms with E-state index >= 15 is 0 Å². The average Bonchev–Trinajstić information content (AvgIpc) is 2.67. The van der Waals surface area contributed by atoms with Crippen molar-refractivity contribution in [3.05, 3.63) is 30.1 Å². The van der Waals surface area contributed by atoms with Crippen molar-refractivity contribution in [2.45, 2.75) is 13.5 Å². The minimum absolute atomic E-state index is 0.651. The van der Waals surface area contributed by atoms with Gasteiger partial charge in [0.2, 0.25) is 5.13 Å². The van der Waals surface area contributed by atoms with Crippen LogP contribution in [-0.4, -0.2) is 19.3 Å². The Bertz CT molecular complexity index is 400. The van der Waals surface area contributed by atoms with Crippen molar-refractivity contribution in [1.29, 1.82) is 0 Å². The summed E-state index contributed by atoms with van der Waals surface area (Å²) in [4.78, 5) is 12.3. The van der Waals surface area contributed by atoms with E-state index in [0.717, 1.165) is 16.6 Å². The molecule has 0 aliphatic carbocycles. The summed E-state index contributed by atoms with van der Waals surface area (Å²) in [5.74, 6) is 0.779. The highest BCUT2D eigenvalue weighted by Gasteiger charge is 1.97. The van der Waals surface area contributed by atoms with Crippen molar-refractivity contribution in [2.75, 3.05) is 5.32 Å². The lowest BCUT2D eigenvalue weighted by atomic mass is 10.4. The molecule has 0 atom stereocenters. The second-order valence-corrected chi connectivity index (χ2v) is 3.48. The fourth-order valence-corrected chi connectivity index (χ4v) is 1.45. The van der Waals surface area contributed by atoms with Gasteiger partial charge in [-0.1, -0.05) is 0 Å². The summed E-state index contributed by atoms with van der Waals surface area (Å²) in [7, 11) is 0. The normalized spacial score (nSPS) is 10.1. The Kier molecular flexibility index (Phi) is 2.64. The van der Waals surface area contributed by atoms with E-state index in [1.165, 1.54) is 17.9 Å². The SMILES string of the molecule is Cc1nccc(CNc2ncns2)n1. The van der Waals surface area contributed by atoms with Gasteiger partial charge in [-0.15, -0.1) is 0 Å². The lowest BCUT2D eigenvalue weighted by molar-refractivity contribution is 0.953. The zero-order valence-electron chi connectivity index (χ0n) is 7.64. The standard InChI is InChI=1S/C8H9N5S/c1-6-9-3-2-7(13-6)4-10-8-11-5-12-14-8/h2-3,5H,4H2,1H3,(H,10,11,12). The summed E-state index contributed by atoms with van der Waals surface area (Å²) in [6, 6.07) is 1.88. The third-order valence-electron chi connectivity index (χ3n) is 1.62. The maximum absolute atomic E-state index is 4.26. The third kappa shape index (κ3) is 2.23. The van der Waals surface area contributed by atoms with Crippen LogP contribution in [0, 0.1) is 6.92 Å². The highest BCUT2D eigenvalue weighted by Crippen LogP contribution is 2.07. The predicted octanol–water partition coefficient (Wildman–Crippen LogP) is 1.25. The Morgan fingerprint density at radius 2 is 2.36 bits per heavy atom. The number of hydrogen-bond donors (Lipinski definition) is 1. The molecule has 6 heteroatoms. The van der Waals surface area contributed by atoms with E-state index < -0.39 is 0 Å². The smallest absolute Gasteiger partial charge is 0.202 e. The Balaban J connectivity index is 1.98. The molecule has 14 heavy (non-hydrogen) atoms. The highest BCUT2D eigenvalue weighted by molar-refractivity contribution is 7.09. The van der Waals surface area contributed by atoms with Crippen LogP contribution < -0.4 is 5.32 Å². The molecule has 0 fully saturated rings. The molecule has 0 bridgehead atoms. The number of nitrogens with zero attached hydrogens (tertiary/aromatic N) is 4. The zero-order chi connectivity index (χ0) is 9.80. The van der Waals surface area contributed by atoms with E-state index in [9.17, 15) is 0 Å². The van der Waals surface area contributed by atoms with Gasteiger partial charge in [0, 0.05) is 17.7 Å². The van der Waals surface area contributed by atoms with Gasteiger partial charge in [-0.2, -0.15) is 4.37 Å². The molecule has 0 radical (unpaired) electrons. The van der Waals surface area contributed by atoms with E-state index in [1.807, 2.05) is 13.0 Å². The van der Waals surface area contributed by atoms with Crippen molar-refractivity contribution >= 4 is 16.7 Å². The first-order valence-electron chi connectivity index (χ1n) is 4.13. The predicted molar refractivity (Wildman–Crippen MR) is 54.0 cm³/mol. The van der Waals surface area contributed by atoms with Crippen molar-refractivity contribution in [3.8, 4) is 0 Å². The minimum Gasteiger partial charge on any atom is -0.355 e. The second kappa shape index (κ2) is 4.10. The maximum Gasteiger partial charge on any atom is 0.202 e. The number of aromatic nitrogens is 4. The van der Waals surface area contributed by atoms with Gasteiger partial charge >= 0.3 is 0 Å². The summed E-state index contributed by atoms with van der Waals surface area (Å²) in [5.41, 5.74) is 0.952. The summed E-state index contributed by atoms with van der Waals surface area (Å²) < 4.78 is 3.89. The van der Waals surface area contributed by atoms with E-state index in [2.05, 4.69) is 24.6 Å². The molecule has 1 N–H and O–H groups in total. The molecule has 0 spiro atoms. The summed E-state index contributed by atoms with van der Waals surface area (Å²) in [6.07, 6.45) is 3.28. The van der Waals surface area contributed by atoms with Gasteiger partial charge in [-0.25, -0.2) is 15.0 Å². The topological polar surface area (TPSA) is 63.6 Å². The Morgan fingerprint density at radius 3 is 3.07 bits per heavy atom. The van der Waals surface area contributed by atoms with Crippen molar-refractivity contribution < 1.29 is 0 Å². The molecule has 0 saturated carbocycles. The maximum atomic E-state index is 4.26. The molecule has 2 aromatic heterocycles. The Labute approximate surface area is 85.4 Å². The number of rotatable bonds is 3. The van der Waals surface area contributed by atoms with Crippen molar-refractivity contribution in [2.24, 2.45) is 0 Å². The lowest BCUT2D eigenvalue weighted by Gasteiger charge is -2.01. The quantitative estimate of drug-likeness (QED) is 0.820. The molecule has 5 nitrogen and oxygen atoms in total. The van der Waals surface area contributed by atoms with Crippen LogP contribution in [0.2, 0.25) is 0 Å². The highest BCUT2D eigenvalue weighted by atomic mass is 32.1. The summed E-state index contributed by atoms with van der Waals surface area (Å²) in [6.45, 7) is 2.52. The van der Waals surface area contributed by atoms with Gasteiger partial charge < -0.3 is 5.32 Å². The van der Waals surface area contributed by atoms with Crippen molar-refractivity contribution in [1.82, 2.24) is 19.3 Å². The van der Waals surface area contributed by atoms with Gasteiger partial charge in [0.15, 0.2) is 0 Å². The van der Waals surface area contributed by atoms with Crippen LogP contribution in [0.1, 0.15) is 11.5 Å². The molecule has 0 unspecified atom stereocenters. The number of anilines is 1. The molecule has 2 heterocycles. The van der Waals surface area contributed by atoms with Gasteiger partial charge in [0.25, 0.3) is 0 Å². The average molecular weight is 207 g/mol. The van der Waals surface area contributed by atoms with E-state index in [4.69, 9.17) is 0 Å². The number of aryl methyl sites for hydroxylation is 1. The van der Waals surface area contributed by atoms with Crippen LogP contribution >= 0.6 is 11.5 Å². The van der Waals surface area contributed by atoms with E-state index in [1.54, 1.807) is 6.20 Å². The zero-order valence-corrected chi connectivity index (χ0v) is 8.45. The molecule has 0 aliphatic heterocycles. The summed E-state index contributed by atoms with van der Waals surface area (Å²) in [5, 5.41) is 3.93. The second-order valence-electron chi connectivity index (χ2n) is 2.70. The summed E-state index contributed by atoms with van der Waals surface area (Å²) >= 11 is 1.33. The van der Waals surface area contributed by atoms with Crippen LogP contribution in [0.5, 0.6) is 0 Å². The van der Waals surface area contributed by atoms with Crippen LogP contribution in [0.15, 0.2) is 18.6 Å². The third-order valence-corrected chi connectivity index (χ3v) is 2.24. The van der Waals surface area contributed by atoms with Crippen LogP contribution in [0.4, 0.5) is 5.13 Å². The van der Waals surface area contributed by atoms with Crippen molar-refractivity contribution in [3.63, 3.8) is 0 Å². The Hall–Kier alpha value is -1.56. The first kappa shape index (κ1) is 9.01. The van der Waals surface area contributed by atoms with E-state index in [0.29, 0.717) is 6.54 Å². The molecular formula is C8H9N5S. The molecular weight excluding hydrogens is 198 g/mol. The molecule has 2 aromatic rings. The van der Waals surface area contributed by atoms with Gasteiger partial charge in [-0.05, 0) is 13.0 Å². The van der Waals surface area contributed by atoms with Crippen LogP contribution in [-0.2, 0) is 6.54 Å². The van der Waals surface area contributed by atoms with Gasteiger partial charge in [0.1, 0.15) is 12.2 Å². The van der Waals surface area contributed by atoms with Crippen LogP contribution in [0.25, 0.3) is 0 Å². The van der Waals surface area contributed by atoms with Crippen LogP contribution in [0.3, 0.4) is 0 Å². The largest absolute Gasteiger partial charge is 0.355 e. The molecule has 0 saturated heterocycles. The lowest BCUT2D eigenvalue weighted by Crippen LogP contribution is -2.02. The fraction of sp³-hybridized carbons (Fsp3) is 0.250. The van der Waals surface area contributed by atoms with Gasteiger partial charge in [-0.3, -0.25) is 0 Å². The molecule has 0 aromatic carbocycles. The Morgan fingerprint density at radius 1 is 1.43 bits per heavy atom. The number of hydrogen-bond acceptors (Lipinski definition) is 6. The molecule has 0 aliphatic rings. The molecule has 2 rings (SSSR count). The first-order valence-corrected chi connectivity index (χ1v) is 4.91. The first-order chi connectivity index (χ1) is 6.84. The van der Waals surface area contributed by atoms with E-state index in [-0.39, 0.29) is 0 Å².